The van der Waals surface area contributed by atoms with Crippen molar-refractivity contribution in [1.29, 1.82) is 0 Å². The zero-order chi connectivity index (χ0) is 21.3. The van der Waals surface area contributed by atoms with E-state index in [1.165, 1.54) is 0 Å². The topological polar surface area (TPSA) is 92.4 Å². The van der Waals surface area contributed by atoms with Gasteiger partial charge in [0.2, 0.25) is 0 Å². The summed E-state index contributed by atoms with van der Waals surface area (Å²) < 4.78 is 10.6. The van der Waals surface area contributed by atoms with Crippen molar-refractivity contribution in [2.45, 2.75) is 31.8 Å². The van der Waals surface area contributed by atoms with Gasteiger partial charge in [0.25, 0.3) is 0 Å². The van der Waals surface area contributed by atoms with Gasteiger partial charge in [0, 0.05) is 37.2 Å². The summed E-state index contributed by atoms with van der Waals surface area (Å²) >= 11 is 6.48. The van der Waals surface area contributed by atoms with Crippen molar-refractivity contribution < 1.29 is 14.3 Å². The highest BCUT2D eigenvalue weighted by atomic mass is 127. The molecule has 3 N–H and O–H groups in total. The molecule has 0 spiro atoms. The number of halogens is 2. The molecule has 1 atom stereocenters. The molecule has 2 saturated heterocycles. The lowest BCUT2D eigenvalue weighted by molar-refractivity contribution is 0.0180. The molecule has 3 rings (SSSR count). The number of hydrogen-bond acceptors (Lipinski definition) is 5. The second kappa shape index (κ2) is 13.3. The van der Waals surface area contributed by atoms with Crippen molar-refractivity contribution in [1.82, 2.24) is 15.1 Å². The van der Waals surface area contributed by atoms with Crippen LogP contribution in [0.25, 0.3) is 0 Å². The fourth-order valence-electron chi connectivity index (χ4n) is 3.91. The number of ether oxygens (including phenoxy) is 2. The molecular formula is C21H33ClIN5O3. The van der Waals surface area contributed by atoms with Gasteiger partial charge in [0.05, 0.1) is 32.4 Å². The number of carbonyl (C=O) groups is 1. The van der Waals surface area contributed by atoms with Crippen LogP contribution in [0.15, 0.2) is 29.3 Å². The third-order valence-electron chi connectivity index (χ3n) is 5.56. The maximum Gasteiger partial charge on any atom is 0.409 e. The van der Waals surface area contributed by atoms with Crippen LogP contribution in [0, 0.1) is 0 Å². The first-order valence-corrected chi connectivity index (χ1v) is 11.0. The van der Waals surface area contributed by atoms with Crippen LogP contribution in [0.5, 0.6) is 0 Å². The number of guanidine groups is 1. The number of nitrogens with one attached hydrogen (secondary N) is 1. The molecule has 2 aliphatic heterocycles. The Morgan fingerprint density at radius 3 is 2.61 bits per heavy atom. The summed E-state index contributed by atoms with van der Waals surface area (Å²) in [5, 5.41) is 4.05. The molecule has 2 fully saturated rings. The number of nitrogens with zero attached hydrogens (tertiary/aromatic N) is 3. The van der Waals surface area contributed by atoms with Gasteiger partial charge in [-0.3, -0.25) is 9.89 Å². The van der Waals surface area contributed by atoms with Gasteiger partial charge in [-0.2, -0.15) is 0 Å². The predicted molar refractivity (Wildman–Crippen MR) is 133 cm³/mol. The molecule has 2 heterocycles. The highest BCUT2D eigenvalue weighted by Crippen LogP contribution is 2.28. The van der Waals surface area contributed by atoms with Crippen LogP contribution in [-0.2, 0) is 9.47 Å². The van der Waals surface area contributed by atoms with Gasteiger partial charge in [-0.15, -0.1) is 24.0 Å². The molecule has 10 heteroatoms. The molecule has 1 aromatic carbocycles. The Morgan fingerprint density at radius 1 is 1.29 bits per heavy atom. The Labute approximate surface area is 206 Å². The Balaban J connectivity index is 0.00000341. The van der Waals surface area contributed by atoms with Crippen molar-refractivity contribution in [3.05, 3.63) is 34.9 Å². The van der Waals surface area contributed by atoms with Gasteiger partial charge >= 0.3 is 6.09 Å². The quantitative estimate of drug-likeness (QED) is 0.313. The molecule has 2 aliphatic rings. The second-order valence-corrected chi connectivity index (χ2v) is 7.92. The van der Waals surface area contributed by atoms with Crippen molar-refractivity contribution >= 4 is 47.6 Å². The Morgan fingerprint density at radius 2 is 1.97 bits per heavy atom. The number of carbonyl (C=O) groups excluding carboxylic acids is 1. The van der Waals surface area contributed by atoms with Crippen LogP contribution in [0.2, 0.25) is 5.02 Å². The van der Waals surface area contributed by atoms with Gasteiger partial charge in [-0.1, -0.05) is 29.8 Å². The number of morpholine rings is 1. The standard InChI is InChI=1S/C21H32ClN5O3.HI/c1-2-30-21(28)27-9-7-16(8-10-27)25-20(23)24-15-19(26-11-13-29-14-12-26)17-5-3-4-6-18(17)22;/h3-6,16,19H,2,7-15H2,1H3,(H3,23,24,25);1H. The maximum absolute atomic E-state index is 11.8. The molecule has 174 valence electrons. The number of piperidine rings is 1. The first kappa shape index (κ1) is 26.0. The normalized spacial score (nSPS) is 19.4. The summed E-state index contributed by atoms with van der Waals surface area (Å²) in [6, 6.07) is 8.14. The number of amides is 1. The fourth-order valence-corrected chi connectivity index (χ4v) is 4.17. The van der Waals surface area contributed by atoms with Crippen molar-refractivity contribution in [3.63, 3.8) is 0 Å². The second-order valence-electron chi connectivity index (χ2n) is 7.52. The highest BCUT2D eigenvalue weighted by molar-refractivity contribution is 14.0. The first-order valence-electron chi connectivity index (χ1n) is 10.6. The van der Waals surface area contributed by atoms with E-state index in [9.17, 15) is 4.79 Å². The summed E-state index contributed by atoms with van der Waals surface area (Å²) in [5.41, 5.74) is 7.25. The maximum atomic E-state index is 11.8. The number of likely N-dealkylation sites (tertiary alicyclic amines) is 1. The van der Waals surface area contributed by atoms with Crippen molar-refractivity contribution in [3.8, 4) is 0 Å². The van der Waals surface area contributed by atoms with Crippen LogP contribution in [0.4, 0.5) is 4.79 Å². The van der Waals surface area contributed by atoms with Crippen LogP contribution in [0.3, 0.4) is 0 Å². The van der Waals surface area contributed by atoms with Crippen LogP contribution in [0.1, 0.15) is 31.4 Å². The van der Waals surface area contributed by atoms with E-state index in [2.05, 4.69) is 15.2 Å². The molecule has 1 unspecified atom stereocenters. The van der Waals surface area contributed by atoms with E-state index in [0.717, 1.165) is 36.5 Å². The lowest BCUT2D eigenvalue weighted by atomic mass is 10.0. The van der Waals surface area contributed by atoms with Crippen LogP contribution in [-0.4, -0.2) is 80.4 Å². The summed E-state index contributed by atoms with van der Waals surface area (Å²) in [7, 11) is 0. The number of hydrogen-bond donors (Lipinski definition) is 2. The largest absolute Gasteiger partial charge is 0.450 e. The lowest BCUT2D eigenvalue weighted by Gasteiger charge is -2.34. The van der Waals surface area contributed by atoms with Gasteiger partial charge in [-0.05, 0) is 31.4 Å². The predicted octanol–water partition coefficient (Wildman–Crippen LogP) is 2.86. The summed E-state index contributed by atoms with van der Waals surface area (Å²) in [5.74, 6) is 0.426. The molecule has 1 amide bonds. The van der Waals surface area contributed by atoms with E-state index in [4.69, 9.17) is 26.8 Å². The lowest BCUT2D eigenvalue weighted by Crippen LogP contribution is -2.48. The Kier molecular flexibility index (Phi) is 11.1. The Bertz CT molecular complexity index is 725. The number of benzene rings is 1. The monoisotopic (exact) mass is 565 g/mol. The van der Waals surface area contributed by atoms with Crippen LogP contribution < -0.4 is 11.1 Å². The smallest absolute Gasteiger partial charge is 0.409 e. The van der Waals surface area contributed by atoms with E-state index >= 15 is 0 Å². The minimum absolute atomic E-state index is 0. The van der Waals surface area contributed by atoms with Gasteiger partial charge in [0.15, 0.2) is 5.96 Å². The molecule has 0 bridgehead atoms. The van der Waals surface area contributed by atoms with Gasteiger partial charge in [-0.25, -0.2) is 4.79 Å². The average Bonchev–Trinajstić information content (AvgIpc) is 2.76. The highest BCUT2D eigenvalue weighted by Gasteiger charge is 2.26. The minimum Gasteiger partial charge on any atom is -0.450 e. The zero-order valence-corrected chi connectivity index (χ0v) is 21.1. The molecule has 31 heavy (non-hydrogen) atoms. The number of rotatable bonds is 6. The molecule has 0 aromatic heterocycles. The van der Waals surface area contributed by atoms with E-state index in [-0.39, 0.29) is 42.2 Å². The van der Waals surface area contributed by atoms with E-state index in [1.807, 2.05) is 31.2 Å². The first-order chi connectivity index (χ1) is 14.6. The SMILES string of the molecule is CCOC(=O)N1CCC(NC(N)=NCC(c2ccccc2Cl)N2CCOCC2)CC1.I. The average molecular weight is 566 g/mol. The Hall–Kier alpha value is -1.30. The summed E-state index contributed by atoms with van der Waals surface area (Å²) in [4.78, 5) is 20.5. The third-order valence-corrected chi connectivity index (χ3v) is 5.90. The van der Waals surface area contributed by atoms with Gasteiger partial charge in [0.1, 0.15) is 0 Å². The molecule has 0 aliphatic carbocycles. The number of aliphatic imine (C=N–C) groups is 1. The third kappa shape index (κ3) is 7.65. The van der Waals surface area contributed by atoms with E-state index in [0.29, 0.717) is 45.4 Å². The minimum atomic E-state index is -0.245. The summed E-state index contributed by atoms with van der Waals surface area (Å²) in [6.45, 7) is 7.12. The number of nitrogens with two attached hydrogens (primary N) is 1. The molecule has 0 saturated carbocycles. The van der Waals surface area contributed by atoms with E-state index in [1.54, 1.807) is 4.90 Å². The summed E-state index contributed by atoms with van der Waals surface area (Å²) in [6.07, 6.45) is 1.38. The molecule has 0 radical (unpaired) electrons. The van der Waals surface area contributed by atoms with Gasteiger partial charge < -0.3 is 25.4 Å². The molecular weight excluding hydrogens is 533 g/mol. The van der Waals surface area contributed by atoms with Crippen LogP contribution >= 0.6 is 35.6 Å². The molecule has 8 nitrogen and oxygen atoms in total. The fraction of sp³-hybridized carbons (Fsp3) is 0.619. The van der Waals surface area contributed by atoms with E-state index < -0.39 is 0 Å². The van der Waals surface area contributed by atoms with Crippen molar-refractivity contribution in [2.24, 2.45) is 10.7 Å². The molecule has 1 aromatic rings. The zero-order valence-electron chi connectivity index (χ0n) is 18.0. The van der Waals surface area contributed by atoms with Crippen molar-refractivity contribution in [2.75, 3.05) is 52.5 Å².